The highest BCUT2D eigenvalue weighted by molar-refractivity contribution is 14.0. The molecule has 2 fully saturated rings. The monoisotopic (exact) mass is 484 g/mol. The van der Waals surface area contributed by atoms with Gasteiger partial charge in [0.2, 0.25) is 0 Å². The Balaban J connectivity index is 0.00000210. The lowest BCUT2D eigenvalue weighted by molar-refractivity contribution is 0.188. The molecule has 2 atom stereocenters. The van der Waals surface area contributed by atoms with Crippen LogP contribution in [0.3, 0.4) is 0 Å². The van der Waals surface area contributed by atoms with Gasteiger partial charge in [-0.3, -0.25) is 0 Å². The second kappa shape index (κ2) is 8.57. The minimum Gasteiger partial charge on any atom is -0.353 e. The van der Waals surface area contributed by atoms with E-state index in [1.807, 2.05) is 31.1 Å². The summed E-state index contributed by atoms with van der Waals surface area (Å²) in [7, 11) is 1.99. The normalized spacial score (nSPS) is 23.2. The van der Waals surface area contributed by atoms with Gasteiger partial charge in [-0.1, -0.05) is 6.92 Å². The first-order valence-electron chi connectivity index (χ1n) is 9.50. The fraction of sp³-hybridized carbons (Fsp3) is 0.667. The summed E-state index contributed by atoms with van der Waals surface area (Å²) in [6.07, 6.45) is 9.47. The van der Waals surface area contributed by atoms with Crippen LogP contribution in [-0.2, 0) is 13.6 Å². The molecule has 27 heavy (non-hydrogen) atoms. The number of nitrogens with zero attached hydrogens (tertiary/aromatic N) is 7. The molecule has 0 amide bonds. The molecule has 0 radical (unpaired) electrons. The second-order valence-electron chi connectivity index (χ2n) is 7.57. The third kappa shape index (κ3) is 4.61. The maximum Gasteiger partial charge on any atom is 0.194 e. The van der Waals surface area contributed by atoms with Crippen LogP contribution in [-0.4, -0.2) is 54.3 Å². The number of likely N-dealkylation sites (tertiary alicyclic amines) is 1. The maximum absolute atomic E-state index is 4.90. The Bertz CT molecular complexity index is 764. The number of rotatable bonds is 4. The van der Waals surface area contributed by atoms with E-state index in [-0.39, 0.29) is 24.0 Å². The van der Waals surface area contributed by atoms with Crippen molar-refractivity contribution < 1.29 is 0 Å². The molecule has 1 aliphatic heterocycles. The molecule has 8 nitrogen and oxygen atoms in total. The topological polar surface area (TPSA) is 76.2 Å². The van der Waals surface area contributed by atoms with E-state index in [2.05, 4.69) is 43.1 Å². The van der Waals surface area contributed by atoms with Gasteiger partial charge in [-0.2, -0.15) is 0 Å². The Kier molecular flexibility index (Phi) is 6.38. The first kappa shape index (κ1) is 20.1. The average Bonchev–Trinajstić information content (AvgIpc) is 3.18. The smallest absolute Gasteiger partial charge is 0.194 e. The molecule has 1 aliphatic carbocycles. The average molecular weight is 484 g/mol. The van der Waals surface area contributed by atoms with E-state index in [0.717, 1.165) is 37.1 Å². The first-order valence-corrected chi connectivity index (χ1v) is 9.50. The van der Waals surface area contributed by atoms with Crippen molar-refractivity contribution in [1.29, 1.82) is 0 Å². The van der Waals surface area contributed by atoms with E-state index < -0.39 is 0 Å². The fourth-order valence-electron chi connectivity index (χ4n) is 3.48. The molecule has 0 aromatic carbocycles. The summed E-state index contributed by atoms with van der Waals surface area (Å²) in [5.74, 6) is 3.45. The van der Waals surface area contributed by atoms with Gasteiger partial charge in [0, 0.05) is 38.6 Å². The van der Waals surface area contributed by atoms with Crippen LogP contribution >= 0.6 is 24.0 Å². The Morgan fingerprint density at radius 2 is 2.11 bits per heavy atom. The van der Waals surface area contributed by atoms with Crippen LogP contribution in [0.4, 0.5) is 0 Å². The SMILES string of the molecule is Cc1nnc(CN=C(NC2CC2)N2CCC(C)C(n3ccnc3)C2)n1C.I. The maximum atomic E-state index is 4.90. The minimum atomic E-state index is 0. The summed E-state index contributed by atoms with van der Waals surface area (Å²) in [6.45, 7) is 6.83. The summed E-state index contributed by atoms with van der Waals surface area (Å²) in [4.78, 5) is 11.5. The largest absolute Gasteiger partial charge is 0.353 e. The van der Waals surface area contributed by atoms with Crippen molar-refractivity contribution in [2.75, 3.05) is 13.1 Å². The molecular weight excluding hydrogens is 455 g/mol. The van der Waals surface area contributed by atoms with Crippen LogP contribution in [0.2, 0.25) is 0 Å². The van der Waals surface area contributed by atoms with Gasteiger partial charge >= 0.3 is 0 Å². The van der Waals surface area contributed by atoms with Crippen molar-refractivity contribution in [2.24, 2.45) is 18.0 Å². The zero-order valence-electron chi connectivity index (χ0n) is 16.2. The summed E-state index contributed by atoms with van der Waals surface area (Å²) in [6, 6.07) is 0.996. The molecule has 4 rings (SSSR count). The number of hydrogen-bond acceptors (Lipinski definition) is 4. The summed E-state index contributed by atoms with van der Waals surface area (Å²) >= 11 is 0. The predicted molar refractivity (Wildman–Crippen MR) is 115 cm³/mol. The number of halogens is 1. The molecule has 3 heterocycles. The van der Waals surface area contributed by atoms with E-state index in [9.17, 15) is 0 Å². The van der Waals surface area contributed by atoms with Crippen molar-refractivity contribution in [3.05, 3.63) is 30.4 Å². The Labute approximate surface area is 177 Å². The van der Waals surface area contributed by atoms with Gasteiger partial charge in [0.15, 0.2) is 11.8 Å². The van der Waals surface area contributed by atoms with E-state index >= 15 is 0 Å². The summed E-state index contributed by atoms with van der Waals surface area (Å²) in [5, 5.41) is 12.0. The van der Waals surface area contributed by atoms with Crippen molar-refractivity contribution in [3.8, 4) is 0 Å². The van der Waals surface area contributed by atoms with Gasteiger partial charge in [0.25, 0.3) is 0 Å². The number of aryl methyl sites for hydroxylation is 1. The molecular formula is C18H29IN8. The van der Waals surface area contributed by atoms with Crippen molar-refractivity contribution in [1.82, 2.24) is 34.5 Å². The number of aromatic nitrogens is 5. The Morgan fingerprint density at radius 1 is 1.30 bits per heavy atom. The van der Waals surface area contributed by atoms with Crippen molar-refractivity contribution >= 4 is 29.9 Å². The van der Waals surface area contributed by atoms with Crippen molar-refractivity contribution in [3.63, 3.8) is 0 Å². The lowest BCUT2D eigenvalue weighted by Gasteiger charge is -2.39. The molecule has 148 valence electrons. The van der Waals surface area contributed by atoms with Gasteiger partial charge in [0.05, 0.1) is 12.4 Å². The van der Waals surface area contributed by atoms with E-state index in [4.69, 9.17) is 4.99 Å². The van der Waals surface area contributed by atoms with Crippen LogP contribution in [0.25, 0.3) is 0 Å². The number of hydrogen-bond donors (Lipinski definition) is 1. The molecule has 2 unspecified atom stereocenters. The van der Waals surface area contributed by atoms with Crippen LogP contribution < -0.4 is 5.32 Å². The number of aliphatic imine (C=N–C) groups is 1. The lowest BCUT2D eigenvalue weighted by Crippen LogP contribution is -2.49. The Hall–Kier alpha value is -1.65. The standard InChI is InChI=1S/C18H28N8.HI/c1-13-6-8-25(11-16(13)26-9-7-19-12-26)18(21-15-4-5-15)20-10-17-23-22-14(2)24(17)3;/h7,9,12-13,15-16H,4-6,8,10-11H2,1-3H3,(H,20,21);1H. The van der Waals surface area contributed by atoms with Crippen molar-refractivity contribution in [2.45, 2.75) is 51.7 Å². The molecule has 9 heteroatoms. The minimum absolute atomic E-state index is 0. The van der Waals surface area contributed by atoms with E-state index in [1.54, 1.807) is 0 Å². The van der Waals surface area contributed by atoms with Gasteiger partial charge in [0.1, 0.15) is 12.4 Å². The zero-order valence-corrected chi connectivity index (χ0v) is 18.6. The lowest BCUT2D eigenvalue weighted by atomic mass is 9.93. The molecule has 2 aromatic rings. The third-order valence-corrected chi connectivity index (χ3v) is 5.59. The first-order chi connectivity index (χ1) is 12.6. The highest BCUT2D eigenvalue weighted by atomic mass is 127. The number of nitrogens with one attached hydrogen (secondary N) is 1. The fourth-order valence-corrected chi connectivity index (χ4v) is 3.48. The predicted octanol–water partition coefficient (Wildman–Crippen LogP) is 2.13. The van der Waals surface area contributed by atoms with Gasteiger partial charge in [-0.15, -0.1) is 34.2 Å². The summed E-state index contributed by atoms with van der Waals surface area (Å²) < 4.78 is 4.24. The molecule has 1 saturated carbocycles. The molecule has 1 N–H and O–H groups in total. The highest BCUT2D eigenvalue weighted by Gasteiger charge is 2.31. The highest BCUT2D eigenvalue weighted by Crippen LogP contribution is 2.28. The molecule has 1 saturated heterocycles. The number of guanidine groups is 1. The van der Waals surface area contributed by atoms with E-state index in [1.165, 1.54) is 12.8 Å². The molecule has 2 aromatic heterocycles. The summed E-state index contributed by atoms with van der Waals surface area (Å²) in [5.41, 5.74) is 0. The molecule has 2 aliphatic rings. The zero-order chi connectivity index (χ0) is 18.1. The van der Waals surface area contributed by atoms with Crippen LogP contribution in [0, 0.1) is 12.8 Å². The van der Waals surface area contributed by atoms with Gasteiger partial charge in [-0.05, 0) is 32.1 Å². The van der Waals surface area contributed by atoms with Crippen LogP contribution in [0.15, 0.2) is 23.7 Å². The molecule has 0 spiro atoms. The van der Waals surface area contributed by atoms with Gasteiger partial charge in [-0.25, -0.2) is 9.98 Å². The van der Waals surface area contributed by atoms with Crippen LogP contribution in [0.5, 0.6) is 0 Å². The quantitative estimate of drug-likeness (QED) is 0.409. The number of imidazole rings is 1. The second-order valence-corrected chi connectivity index (χ2v) is 7.57. The Morgan fingerprint density at radius 3 is 2.74 bits per heavy atom. The third-order valence-electron chi connectivity index (χ3n) is 5.59. The number of piperidine rings is 1. The van der Waals surface area contributed by atoms with E-state index in [0.29, 0.717) is 24.5 Å². The van der Waals surface area contributed by atoms with Crippen LogP contribution in [0.1, 0.15) is 43.9 Å². The van der Waals surface area contributed by atoms with Gasteiger partial charge < -0.3 is 19.4 Å². The molecule has 0 bridgehead atoms.